The molecule has 2 aromatic rings. The average Bonchev–Trinajstić information content (AvgIpc) is 2.46. The highest BCUT2D eigenvalue weighted by Crippen LogP contribution is 2.32. The van der Waals surface area contributed by atoms with Crippen molar-refractivity contribution >= 4 is 17.1 Å². The Kier molecular flexibility index (Phi) is 4.09. The summed E-state index contributed by atoms with van der Waals surface area (Å²) in [6.45, 7) is 2.23. The van der Waals surface area contributed by atoms with Crippen molar-refractivity contribution in [3.8, 4) is 0 Å². The van der Waals surface area contributed by atoms with Gasteiger partial charge in [-0.1, -0.05) is 6.07 Å². The first kappa shape index (κ1) is 13.7. The van der Waals surface area contributed by atoms with Gasteiger partial charge in [-0.25, -0.2) is 0 Å². The van der Waals surface area contributed by atoms with Crippen LogP contribution in [0.3, 0.4) is 0 Å². The molecule has 7 heteroatoms. The van der Waals surface area contributed by atoms with Crippen LogP contribution in [0.1, 0.15) is 11.4 Å². The quantitative estimate of drug-likeness (QED) is 0.641. The van der Waals surface area contributed by atoms with E-state index in [2.05, 4.69) is 20.6 Å². The Morgan fingerprint density at radius 3 is 2.60 bits per heavy atom. The summed E-state index contributed by atoms with van der Waals surface area (Å²) < 4.78 is 0. The highest BCUT2D eigenvalue weighted by molar-refractivity contribution is 5.75. The number of aromatic nitrogens is 2. The Balaban J connectivity index is 2.21. The summed E-state index contributed by atoms with van der Waals surface area (Å²) in [5, 5.41) is 17.0. The normalized spacial score (nSPS) is 10.1. The van der Waals surface area contributed by atoms with Gasteiger partial charge in [0.2, 0.25) is 0 Å². The number of hydrogen-bond donors (Lipinski definition) is 2. The van der Waals surface area contributed by atoms with E-state index in [4.69, 9.17) is 0 Å². The second kappa shape index (κ2) is 5.96. The maximum Gasteiger partial charge on any atom is 0.315 e. The fourth-order valence-electron chi connectivity index (χ4n) is 1.78. The molecule has 0 unspecified atom stereocenters. The molecule has 0 amide bonds. The number of para-hydroxylation sites is 1. The van der Waals surface area contributed by atoms with Crippen LogP contribution in [-0.4, -0.2) is 21.9 Å². The van der Waals surface area contributed by atoms with E-state index in [9.17, 15) is 10.1 Å². The molecule has 0 saturated carbocycles. The number of nitrogens with zero attached hydrogens (tertiary/aromatic N) is 3. The van der Waals surface area contributed by atoms with Crippen LogP contribution in [0.25, 0.3) is 0 Å². The van der Waals surface area contributed by atoms with E-state index in [1.807, 2.05) is 6.92 Å². The Labute approximate surface area is 116 Å². The third-order valence-corrected chi connectivity index (χ3v) is 2.78. The Morgan fingerprint density at radius 2 is 2.00 bits per heavy atom. The molecule has 0 aliphatic rings. The first-order chi connectivity index (χ1) is 9.61. The third-order valence-electron chi connectivity index (χ3n) is 2.78. The highest BCUT2D eigenvalue weighted by atomic mass is 16.6. The minimum Gasteiger partial charge on any atom is -0.382 e. The van der Waals surface area contributed by atoms with Gasteiger partial charge in [-0.15, -0.1) is 0 Å². The minimum atomic E-state index is -0.408. The number of rotatable bonds is 5. The maximum atomic E-state index is 11.2. The predicted molar refractivity (Wildman–Crippen MR) is 76.7 cm³/mol. The van der Waals surface area contributed by atoms with Crippen LogP contribution >= 0.6 is 0 Å². The molecule has 2 rings (SSSR count). The van der Waals surface area contributed by atoms with Crippen LogP contribution in [0.4, 0.5) is 17.1 Å². The number of anilines is 2. The second-order valence-electron chi connectivity index (χ2n) is 4.21. The van der Waals surface area contributed by atoms with E-state index in [1.165, 1.54) is 0 Å². The number of aryl methyl sites for hydroxylation is 1. The highest BCUT2D eigenvalue weighted by Gasteiger charge is 2.18. The van der Waals surface area contributed by atoms with Gasteiger partial charge in [0, 0.05) is 13.2 Å². The van der Waals surface area contributed by atoms with Crippen molar-refractivity contribution < 1.29 is 4.92 Å². The zero-order valence-electron chi connectivity index (χ0n) is 11.3. The standard InChI is InChI=1S/C13H15N5O2/c1-9-6-16-10(7-15-9)8-17-12-5-3-4-11(14-2)13(12)18(19)20/h3-7,14,17H,8H2,1-2H3. The Morgan fingerprint density at radius 1 is 1.25 bits per heavy atom. The van der Waals surface area contributed by atoms with E-state index in [0.29, 0.717) is 17.9 Å². The monoisotopic (exact) mass is 273 g/mol. The smallest absolute Gasteiger partial charge is 0.315 e. The first-order valence-corrected chi connectivity index (χ1v) is 6.08. The van der Waals surface area contributed by atoms with Crippen LogP contribution in [-0.2, 0) is 6.54 Å². The predicted octanol–water partition coefficient (Wildman–Crippen LogP) is 2.35. The van der Waals surface area contributed by atoms with E-state index in [0.717, 1.165) is 11.4 Å². The van der Waals surface area contributed by atoms with Crippen molar-refractivity contribution in [2.24, 2.45) is 0 Å². The molecule has 104 valence electrons. The van der Waals surface area contributed by atoms with Crippen LogP contribution in [0.5, 0.6) is 0 Å². The lowest BCUT2D eigenvalue weighted by atomic mass is 10.2. The van der Waals surface area contributed by atoms with E-state index in [-0.39, 0.29) is 5.69 Å². The van der Waals surface area contributed by atoms with Gasteiger partial charge in [0.15, 0.2) is 0 Å². The van der Waals surface area contributed by atoms with E-state index >= 15 is 0 Å². The molecule has 1 heterocycles. The van der Waals surface area contributed by atoms with Crippen molar-refractivity contribution in [1.29, 1.82) is 0 Å². The van der Waals surface area contributed by atoms with Crippen LogP contribution in [0.15, 0.2) is 30.6 Å². The fraction of sp³-hybridized carbons (Fsp3) is 0.231. The molecule has 0 aliphatic heterocycles. The summed E-state index contributed by atoms with van der Waals surface area (Å²) in [5.41, 5.74) is 2.49. The molecule has 0 fully saturated rings. The summed E-state index contributed by atoms with van der Waals surface area (Å²) >= 11 is 0. The van der Waals surface area contributed by atoms with Crippen LogP contribution in [0.2, 0.25) is 0 Å². The molecule has 0 bridgehead atoms. The van der Waals surface area contributed by atoms with Crippen molar-refractivity contribution in [3.63, 3.8) is 0 Å². The molecule has 2 N–H and O–H groups in total. The lowest BCUT2D eigenvalue weighted by Gasteiger charge is -2.09. The van der Waals surface area contributed by atoms with Gasteiger partial charge in [-0.05, 0) is 19.1 Å². The molecule has 7 nitrogen and oxygen atoms in total. The fourth-order valence-corrected chi connectivity index (χ4v) is 1.78. The summed E-state index contributed by atoms with van der Waals surface area (Å²) in [4.78, 5) is 19.1. The molecule has 0 aliphatic carbocycles. The van der Waals surface area contributed by atoms with Gasteiger partial charge in [0.25, 0.3) is 0 Å². The lowest BCUT2D eigenvalue weighted by molar-refractivity contribution is -0.383. The molecule has 0 atom stereocenters. The van der Waals surface area contributed by atoms with Crippen molar-refractivity contribution in [2.75, 3.05) is 17.7 Å². The van der Waals surface area contributed by atoms with E-state index < -0.39 is 4.92 Å². The van der Waals surface area contributed by atoms with Crippen molar-refractivity contribution in [3.05, 3.63) is 52.1 Å². The second-order valence-corrected chi connectivity index (χ2v) is 4.21. The average molecular weight is 273 g/mol. The molecule has 0 radical (unpaired) electrons. The molecule has 0 saturated heterocycles. The largest absolute Gasteiger partial charge is 0.382 e. The van der Waals surface area contributed by atoms with Gasteiger partial charge in [0.1, 0.15) is 11.4 Å². The molecular weight excluding hydrogens is 258 g/mol. The summed E-state index contributed by atoms with van der Waals surface area (Å²) in [5.74, 6) is 0. The lowest BCUT2D eigenvalue weighted by Crippen LogP contribution is -2.06. The summed E-state index contributed by atoms with van der Waals surface area (Å²) in [6.07, 6.45) is 3.31. The zero-order chi connectivity index (χ0) is 14.5. The first-order valence-electron chi connectivity index (χ1n) is 6.08. The Hall–Kier alpha value is -2.70. The topological polar surface area (TPSA) is 93.0 Å². The molecular formula is C13H15N5O2. The van der Waals surface area contributed by atoms with Gasteiger partial charge >= 0.3 is 5.69 Å². The number of nitrogens with one attached hydrogen (secondary N) is 2. The van der Waals surface area contributed by atoms with Gasteiger partial charge in [-0.3, -0.25) is 20.1 Å². The molecule has 1 aromatic carbocycles. The van der Waals surface area contributed by atoms with Gasteiger partial charge < -0.3 is 10.6 Å². The third kappa shape index (κ3) is 3.00. The number of nitro groups is 1. The van der Waals surface area contributed by atoms with Gasteiger partial charge in [-0.2, -0.15) is 0 Å². The van der Waals surface area contributed by atoms with Gasteiger partial charge in [0.05, 0.1) is 29.1 Å². The molecule has 0 spiro atoms. The molecule has 20 heavy (non-hydrogen) atoms. The maximum absolute atomic E-state index is 11.2. The Bertz CT molecular complexity index is 613. The minimum absolute atomic E-state index is 0.0232. The van der Waals surface area contributed by atoms with Crippen LogP contribution < -0.4 is 10.6 Å². The summed E-state index contributed by atoms with van der Waals surface area (Å²) in [6, 6.07) is 5.08. The number of benzene rings is 1. The number of hydrogen-bond acceptors (Lipinski definition) is 6. The van der Waals surface area contributed by atoms with E-state index in [1.54, 1.807) is 37.6 Å². The van der Waals surface area contributed by atoms with Crippen molar-refractivity contribution in [2.45, 2.75) is 13.5 Å². The van der Waals surface area contributed by atoms with Crippen LogP contribution in [0, 0.1) is 17.0 Å². The SMILES string of the molecule is CNc1cccc(NCc2cnc(C)cn2)c1[N+](=O)[O-]. The van der Waals surface area contributed by atoms with Crippen molar-refractivity contribution in [1.82, 2.24) is 9.97 Å². The summed E-state index contributed by atoms with van der Waals surface area (Å²) in [7, 11) is 1.65. The zero-order valence-corrected chi connectivity index (χ0v) is 11.3. The molecule has 1 aromatic heterocycles. The number of nitro benzene ring substituents is 1.